The molecule has 0 heterocycles. The average Bonchev–Trinajstić information content (AvgIpc) is 2.33. The second-order valence-corrected chi connectivity index (χ2v) is 4.29. The molecular weight excluding hydrogens is 276 g/mol. The molecule has 2 aromatic carbocycles. The summed E-state index contributed by atoms with van der Waals surface area (Å²) in [5.41, 5.74) is 0.297. The van der Waals surface area contributed by atoms with Gasteiger partial charge in [-0.05, 0) is 12.1 Å². The molecule has 3 nitrogen and oxygen atoms in total. The first-order valence-corrected chi connectivity index (χ1v) is 5.75. The maximum absolute atomic E-state index is 13.5. The van der Waals surface area contributed by atoms with Crippen LogP contribution in [-0.2, 0) is 6.54 Å². The number of aromatic hydroxyl groups is 2. The average molecular weight is 286 g/mol. The zero-order valence-electron chi connectivity index (χ0n) is 9.62. The van der Waals surface area contributed by atoms with Crippen molar-refractivity contribution >= 4 is 17.3 Å². The molecule has 0 aliphatic heterocycles. The number of phenols is 2. The Morgan fingerprint density at radius 3 is 2.58 bits per heavy atom. The lowest BCUT2D eigenvalue weighted by molar-refractivity contribution is 0.400. The SMILES string of the molecule is Oc1cccc(CNc2c(F)cc(F)cc2Cl)c1O. The first-order chi connectivity index (χ1) is 8.99. The monoisotopic (exact) mass is 285 g/mol. The van der Waals surface area contributed by atoms with Gasteiger partial charge in [0.25, 0.3) is 0 Å². The van der Waals surface area contributed by atoms with E-state index in [0.29, 0.717) is 11.6 Å². The molecule has 2 rings (SSSR count). The van der Waals surface area contributed by atoms with Gasteiger partial charge in [-0.2, -0.15) is 0 Å². The third-order valence-electron chi connectivity index (χ3n) is 2.56. The summed E-state index contributed by atoms with van der Waals surface area (Å²) in [6.45, 7) is 0.0303. The third kappa shape index (κ3) is 2.88. The van der Waals surface area contributed by atoms with E-state index < -0.39 is 11.6 Å². The lowest BCUT2D eigenvalue weighted by Crippen LogP contribution is -2.03. The highest BCUT2D eigenvalue weighted by Crippen LogP contribution is 2.31. The molecule has 0 spiro atoms. The zero-order chi connectivity index (χ0) is 14.0. The molecule has 0 amide bonds. The molecule has 19 heavy (non-hydrogen) atoms. The largest absolute Gasteiger partial charge is 0.504 e. The van der Waals surface area contributed by atoms with E-state index >= 15 is 0 Å². The fraction of sp³-hybridized carbons (Fsp3) is 0.0769. The molecule has 0 fully saturated rings. The van der Waals surface area contributed by atoms with Gasteiger partial charge in [-0.1, -0.05) is 23.7 Å². The summed E-state index contributed by atoms with van der Waals surface area (Å²) in [7, 11) is 0. The Bertz CT molecular complexity index is 597. The Balaban J connectivity index is 2.22. The van der Waals surface area contributed by atoms with Crippen LogP contribution in [0.15, 0.2) is 30.3 Å². The normalized spacial score (nSPS) is 10.5. The van der Waals surface area contributed by atoms with E-state index in [1.807, 2.05) is 0 Å². The number of para-hydroxylation sites is 1. The number of halogens is 3. The van der Waals surface area contributed by atoms with Crippen LogP contribution >= 0.6 is 11.6 Å². The molecule has 0 radical (unpaired) electrons. The number of phenolic OH excluding ortho intramolecular Hbond substituents is 2. The van der Waals surface area contributed by atoms with E-state index in [9.17, 15) is 19.0 Å². The maximum atomic E-state index is 13.5. The summed E-state index contributed by atoms with van der Waals surface area (Å²) in [6.07, 6.45) is 0. The van der Waals surface area contributed by atoms with Gasteiger partial charge in [0.2, 0.25) is 0 Å². The molecular formula is C13H10ClF2NO2. The van der Waals surface area contributed by atoms with Gasteiger partial charge in [0, 0.05) is 18.2 Å². The quantitative estimate of drug-likeness (QED) is 0.755. The Labute approximate surface area is 113 Å². The van der Waals surface area contributed by atoms with Crippen LogP contribution in [-0.4, -0.2) is 10.2 Å². The standard InChI is InChI=1S/C13H10ClF2NO2/c14-9-4-8(15)5-10(16)12(9)17-6-7-2-1-3-11(18)13(7)19/h1-5,17-19H,6H2. The van der Waals surface area contributed by atoms with Crippen molar-refractivity contribution in [3.8, 4) is 11.5 Å². The maximum Gasteiger partial charge on any atom is 0.162 e. The summed E-state index contributed by atoms with van der Waals surface area (Å²) in [5, 5.41) is 21.4. The topological polar surface area (TPSA) is 52.5 Å². The predicted octanol–water partition coefficient (Wildman–Crippen LogP) is 3.64. The number of benzene rings is 2. The minimum Gasteiger partial charge on any atom is -0.504 e. The summed E-state index contributed by atoms with van der Waals surface area (Å²) in [6, 6.07) is 6.10. The Kier molecular flexibility index (Phi) is 3.76. The Morgan fingerprint density at radius 1 is 1.16 bits per heavy atom. The van der Waals surface area contributed by atoms with E-state index in [1.54, 1.807) is 6.07 Å². The van der Waals surface area contributed by atoms with Crippen molar-refractivity contribution in [2.24, 2.45) is 0 Å². The molecule has 0 unspecified atom stereocenters. The van der Waals surface area contributed by atoms with E-state index in [-0.39, 0.29) is 28.8 Å². The van der Waals surface area contributed by atoms with Gasteiger partial charge in [-0.3, -0.25) is 0 Å². The van der Waals surface area contributed by atoms with Crippen LogP contribution in [0.4, 0.5) is 14.5 Å². The first-order valence-electron chi connectivity index (χ1n) is 5.37. The lowest BCUT2D eigenvalue weighted by Gasteiger charge is -2.11. The number of rotatable bonds is 3. The van der Waals surface area contributed by atoms with Crippen molar-refractivity contribution in [3.05, 3.63) is 52.6 Å². The number of nitrogens with one attached hydrogen (secondary N) is 1. The summed E-state index contributed by atoms with van der Waals surface area (Å²) in [4.78, 5) is 0. The smallest absolute Gasteiger partial charge is 0.162 e. The molecule has 2 aromatic rings. The molecule has 0 atom stereocenters. The van der Waals surface area contributed by atoms with Gasteiger partial charge in [-0.25, -0.2) is 8.78 Å². The van der Waals surface area contributed by atoms with Gasteiger partial charge in [0.1, 0.15) is 5.82 Å². The molecule has 0 saturated carbocycles. The van der Waals surface area contributed by atoms with Crippen LogP contribution < -0.4 is 5.32 Å². The van der Waals surface area contributed by atoms with Crippen LogP contribution in [0.3, 0.4) is 0 Å². The molecule has 6 heteroatoms. The third-order valence-corrected chi connectivity index (χ3v) is 2.86. The van der Waals surface area contributed by atoms with Crippen LogP contribution in [0, 0.1) is 11.6 Å². The zero-order valence-corrected chi connectivity index (χ0v) is 10.4. The number of anilines is 1. The van der Waals surface area contributed by atoms with Crippen molar-refractivity contribution in [3.63, 3.8) is 0 Å². The Hall–Kier alpha value is -2.01. The van der Waals surface area contributed by atoms with Crippen molar-refractivity contribution in [2.45, 2.75) is 6.54 Å². The van der Waals surface area contributed by atoms with Crippen LogP contribution in [0.5, 0.6) is 11.5 Å². The minimum absolute atomic E-state index is 0.0303. The van der Waals surface area contributed by atoms with Crippen LogP contribution in [0.25, 0.3) is 0 Å². The van der Waals surface area contributed by atoms with E-state index in [4.69, 9.17) is 11.6 Å². The van der Waals surface area contributed by atoms with Crippen molar-refractivity contribution < 1.29 is 19.0 Å². The molecule has 0 saturated heterocycles. The highest BCUT2D eigenvalue weighted by atomic mass is 35.5. The number of hydrogen-bond donors (Lipinski definition) is 3. The second-order valence-electron chi connectivity index (χ2n) is 3.88. The number of hydrogen-bond acceptors (Lipinski definition) is 3. The van der Waals surface area contributed by atoms with Crippen molar-refractivity contribution in [1.82, 2.24) is 0 Å². The molecule has 3 N–H and O–H groups in total. The summed E-state index contributed by atoms with van der Waals surface area (Å²) in [5.74, 6) is -2.17. The van der Waals surface area contributed by atoms with Gasteiger partial charge >= 0.3 is 0 Å². The van der Waals surface area contributed by atoms with Crippen LogP contribution in [0.1, 0.15) is 5.56 Å². The second kappa shape index (κ2) is 5.32. The highest BCUT2D eigenvalue weighted by molar-refractivity contribution is 6.33. The molecule has 0 aliphatic carbocycles. The summed E-state index contributed by atoms with van der Waals surface area (Å²) < 4.78 is 26.4. The van der Waals surface area contributed by atoms with E-state index in [0.717, 1.165) is 6.07 Å². The van der Waals surface area contributed by atoms with Gasteiger partial charge in [0.15, 0.2) is 17.3 Å². The van der Waals surface area contributed by atoms with Gasteiger partial charge in [0.05, 0.1) is 10.7 Å². The summed E-state index contributed by atoms with van der Waals surface area (Å²) >= 11 is 5.72. The fourth-order valence-electron chi connectivity index (χ4n) is 1.62. The Morgan fingerprint density at radius 2 is 1.89 bits per heavy atom. The van der Waals surface area contributed by atoms with Crippen molar-refractivity contribution in [2.75, 3.05) is 5.32 Å². The van der Waals surface area contributed by atoms with Gasteiger partial charge in [-0.15, -0.1) is 0 Å². The lowest BCUT2D eigenvalue weighted by atomic mass is 10.2. The molecule has 0 aliphatic rings. The highest BCUT2D eigenvalue weighted by Gasteiger charge is 2.11. The predicted molar refractivity (Wildman–Crippen MR) is 68.5 cm³/mol. The first kappa shape index (κ1) is 13.4. The molecule has 0 bridgehead atoms. The van der Waals surface area contributed by atoms with Crippen LogP contribution in [0.2, 0.25) is 5.02 Å². The van der Waals surface area contributed by atoms with Crippen molar-refractivity contribution in [1.29, 1.82) is 0 Å². The molecule has 0 aromatic heterocycles. The minimum atomic E-state index is -0.829. The fourth-order valence-corrected chi connectivity index (χ4v) is 1.88. The molecule has 100 valence electrons. The van der Waals surface area contributed by atoms with E-state index in [2.05, 4.69) is 5.32 Å². The van der Waals surface area contributed by atoms with E-state index in [1.165, 1.54) is 12.1 Å². The van der Waals surface area contributed by atoms with Gasteiger partial charge < -0.3 is 15.5 Å².